The number of fused-ring (bicyclic) bond motifs is 1. The number of carbonyl (C=O) groups is 3. The minimum absolute atomic E-state index is 0.208. The van der Waals surface area contributed by atoms with E-state index in [0.29, 0.717) is 24.2 Å². The van der Waals surface area contributed by atoms with Crippen LogP contribution in [0.2, 0.25) is 0 Å². The third kappa shape index (κ3) is 2.95. The van der Waals surface area contributed by atoms with Gasteiger partial charge in [0.05, 0.1) is 28.6 Å². The number of rotatable bonds is 2. The molecule has 1 aromatic carbocycles. The van der Waals surface area contributed by atoms with Crippen LogP contribution in [0.4, 0.5) is 0 Å². The van der Waals surface area contributed by atoms with Gasteiger partial charge in [0.1, 0.15) is 12.1 Å². The van der Waals surface area contributed by atoms with E-state index in [0.717, 1.165) is 14.2 Å². The molecule has 27 heavy (non-hydrogen) atoms. The second-order valence-corrected chi connectivity index (χ2v) is 7.25. The average Bonchev–Trinajstić information content (AvgIpc) is 3.02. The molecule has 4 rings (SSSR count). The van der Waals surface area contributed by atoms with Crippen molar-refractivity contribution in [1.82, 2.24) is 18.2 Å². The second kappa shape index (κ2) is 6.70. The van der Waals surface area contributed by atoms with Crippen molar-refractivity contribution in [3.63, 3.8) is 0 Å². The number of halogens is 1. The Morgan fingerprint density at radius 1 is 1.15 bits per heavy atom. The summed E-state index contributed by atoms with van der Waals surface area (Å²) in [5.41, 5.74) is 2.95. The maximum Gasteiger partial charge on any atom is 0.260 e. The van der Waals surface area contributed by atoms with Gasteiger partial charge in [-0.3, -0.25) is 14.4 Å². The van der Waals surface area contributed by atoms with Crippen LogP contribution in [-0.4, -0.2) is 42.0 Å². The van der Waals surface area contributed by atoms with Crippen LogP contribution in [0.5, 0.6) is 0 Å². The van der Waals surface area contributed by atoms with E-state index in [4.69, 9.17) is 5.26 Å². The fourth-order valence-corrected chi connectivity index (χ4v) is 3.89. The Morgan fingerprint density at radius 2 is 1.96 bits per heavy atom. The maximum atomic E-state index is 12.8. The highest BCUT2D eigenvalue weighted by Crippen LogP contribution is 2.32. The van der Waals surface area contributed by atoms with Crippen molar-refractivity contribution in [2.24, 2.45) is 0 Å². The number of nitrogens with zero attached hydrogens (tertiary/aromatic N) is 5. The topological polar surface area (TPSA) is 107 Å². The molecule has 0 radical (unpaired) electrons. The average molecular weight is 473 g/mol. The fourth-order valence-electron chi connectivity index (χ4n) is 3.32. The van der Waals surface area contributed by atoms with Crippen molar-refractivity contribution in [3.05, 3.63) is 47.2 Å². The van der Waals surface area contributed by atoms with Crippen LogP contribution in [0, 0.1) is 11.3 Å². The zero-order valence-corrected chi connectivity index (χ0v) is 16.1. The van der Waals surface area contributed by atoms with Crippen molar-refractivity contribution in [2.45, 2.75) is 25.4 Å². The van der Waals surface area contributed by atoms with E-state index >= 15 is 0 Å². The Bertz CT molecular complexity index is 1010. The lowest BCUT2D eigenvalue weighted by molar-refractivity contribution is -0.143. The third-order valence-corrected chi connectivity index (χ3v) is 5.73. The van der Waals surface area contributed by atoms with Crippen LogP contribution >= 0.6 is 22.9 Å². The van der Waals surface area contributed by atoms with Gasteiger partial charge >= 0.3 is 0 Å². The molecule has 1 aromatic heterocycles. The maximum absolute atomic E-state index is 12.8. The quantitative estimate of drug-likeness (QED) is 0.375. The van der Waals surface area contributed by atoms with Crippen molar-refractivity contribution in [1.29, 1.82) is 5.26 Å². The lowest BCUT2D eigenvalue weighted by Crippen LogP contribution is -2.51. The van der Waals surface area contributed by atoms with Gasteiger partial charge in [-0.2, -0.15) is 5.26 Å². The Kier molecular flexibility index (Phi) is 4.35. The molecule has 3 amide bonds. The van der Waals surface area contributed by atoms with Gasteiger partial charge in [-0.25, -0.2) is 3.11 Å². The molecule has 2 aromatic rings. The first-order valence-corrected chi connectivity index (χ1v) is 9.17. The highest BCUT2D eigenvalue weighted by Gasteiger charge is 2.42. The number of amides is 3. The first-order valence-electron chi connectivity index (χ1n) is 8.20. The minimum atomic E-state index is -0.627. The number of imide groups is 1. The van der Waals surface area contributed by atoms with Crippen LogP contribution in [0.25, 0.3) is 11.3 Å². The minimum Gasteiger partial charge on any atom is -0.322 e. The molecule has 0 bridgehead atoms. The summed E-state index contributed by atoms with van der Waals surface area (Å²) in [6.07, 6.45) is 0.580. The Balaban J connectivity index is 1.61. The number of hydrogen-bond acceptors (Lipinski definition) is 6. The smallest absolute Gasteiger partial charge is 0.260 e. The monoisotopic (exact) mass is 473 g/mol. The van der Waals surface area contributed by atoms with Crippen molar-refractivity contribution >= 4 is 40.6 Å². The summed E-state index contributed by atoms with van der Waals surface area (Å²) >= 11 is 1.69. The van der Waals surface area contributed by atoms with Gasteiger partial charge in [0.25, 0.3) is 11.8 Å². The summed E-state index contributed by atoms with van der Waals surface area (Å²) < 4.78 is 1.07. The zero-order chi connectivity index (χ0) is 19.1. The standard InChI is InChI=1S/C18H12IN5O3/c19-24-16(25)6-5-15(18(24)27)23-9-11-7-10(1-3-13(11)17(23)26)14-4-2-12(8-20)21-22-14/h1-4,7,15H,5-6,9H2. The number of benzene rings is 1. The first-order chi connectivity index (χ1) is 13.0. The summed E-state index contributed by atoms with van der Waals surface area (Å²) in [4.78, 5) is 38.4. The zero-order valence-electron chi connectivity index (χ0n) is 13.9. The Hall–Kier alpha value is -2.87. The number of aromatic nitrogens is 2. The highest BCUT2D eigenvalue weighted by molar-refractivity contribution is 14.1. The number of piperidine rings is 1. The van der Waals surface area contributed by atoms with E-state index in [1.807, 2.05) is 12.1 Å². The molecule has 1 fully saturated rings. The van der Waals surface area contributed by atoms with Crippen LogP contribution in [0.3, 0.4) is 0 Å². The molecule has 0 saturated carbocycles. The predicted octanol–water partition coefficient (Wildman–Crippen LogP) is 1.84. The number of hydrogen-bond donors (Lipinski definition) is 0. The second-order valence-electron chi connectivity index (χ2n) is 6.29. The molecule has 2 aliphatic rings. The van der Waals surface area contributed by atoms with E-state index in [1.54, 1.807) is 47.1 Å². The number of carbonyl (C=O) groups excluding carboxylic acids is 3. The van der Waals surface area contributed by atoms with Crippen LogP contribution < -0.4 is 0 Å². The van der Waals surface area contributed by atoms with Gasteiger partial charge in [0.2, 0.25) is 5.91 Å². The predicted molar refractivity (Wildman–Crippen MR) is 101 cm³/mol. The van der Waals surface area contributed by atoms with Crippen molar-refractivity contribution < 1.29 is 14.4 Å². The van der Waals surface area contributed by atoms with Gasteiger partial charge in [-0.15, -0.1) is 10.2 Å². The lowest BCUT2D eigenvalue weighted by Gasteiger charge is -2.32. The van der Waals surface area contributed by atoms with Gasteiger partial charge in [0.15, 0.2) is 5.69 Å². The molecule has 134 valence electrons. The summed E-state index contributed by atoms with van der Waals surface area (Å²) in [6, 6.07) is 9.91. The van der Waals surface area contributed by atoms with Gasteiger partial charge in [-0.1, -0.05) is 6.07 Å². The SMILES string of the molecule is N#Cc1ccc(-c2ccc3c(c2)CN(C2CCC(=O)N(I)C2=O)C3=O)nn1. The molecule has 1 saturated heterocycles. The first kappa shape index (κ1) is 17.5. The van der Waals surface area contributed by atoms with E-state index < -0.39 is 6.04 Å². The molecule has 0 spiro atoms. The van der Waals surface area contributed by atoms with E-state index in [9.17, 15) is 14.4 Å². The van der Waals surface area contributed by atoms with E-state index in [2.05, 4.69) is 10.2 Å². The molecular weight excluding hydrogens is 461 g/mol. The van der Waals surface area contributed by atoms with Crippen LogP contribution in [-0.2, 0) is 16.1 Å². The third-order valence-electron chi connectivity index (χ3n) is 4.72. The molecule has 3 heterocycles. The molecule has 8 nitrogen and oxygen atoms in total. The summed E-state index contributed by atoms with van der Waals surface area (Å²) in [7, 11) is 0. The molecule has 1 unspecified atom stereocenters. The van der Waals surface area contributed by atoms with Gasteiger partial charge in [-0.05, 0) is 36.2 Å². The van der Waals surface area contributed by atoms with E-state index in [1.165, 1.54) is 4.90 Å². The van der Waals surface area contributed by atoms with Crippen molar-refractivity contribution in [2.75, 3.05) is 0 Å². The van der Waals surface area contributed by atoms with Crippen molar-refractivity contribution in [3.8, 4) is 17.3 Å². The number of nitriles is 1. The Morgan fingerprint density at radius 3 is 2.67 bits per heavy atom. The molecule has 9 heteroatoms. The lowest BCUT2D eigenvalue weighted by atomic mass is 10.0. The highest BCUT2D eigenvalue weighted by atomic mass is 127. The van der Waals surface area contributed by atoms with Gasteiger partial charge in [0, 0.05) is 24.1 Å². The Labute approximate surface area is 168 Å². The molecule has 0 N–H and O–H groups in total. The molecule has 2 aliphatic heterocycles. The van der Waals surface area contributed by atoms with Gasteiger partial charge < -0.3 is 4.90 Å². The molecule has 0 aliphatic carbocycles. The summed E-state index contributed by atoms with van der Waals surface area (Å²) in [6.45, 7) is 0.306. The summed E-state index contributed by atoms with van der Waals surface area (Å²) in [5.74, 6) is -0.797. The summed E-state index contributed by atoms with van der Waals surface area (Å²) in [5, 5.41) is 16.7. The largest absolute Gasteiger partial charge is 0.322 e. The van der Waals surface area contributed by atoms with Crippen LogP contribution in [0.15, 0.2) is 30.3 Å². The van der Waals surface area contributed by atoms with Crippen LogP contribution in [0.1, 0.15) is 34.5 Å². The van der Waals surface area contributed by atoms with E-state index in [-0.39, 0.29) is 29.8 Å². The molecule has 1 atom stereocenters. The molecular formula is C18H12IN5O3. The normalized spacial score (nSPS) is 19.3. The fraction of sp³-hybridized carbons (Fsp3) is 0.222.